The second kappa shape index (κ2) is 3.28. The zero-order valence-electron chi connectivity index (χ0n) is 9.00. The molecule has 1 aliphatic rings. The lowest BCUT2D eigenvalue weighted by Crippen LogP contribution is -2.36. The van der Waals surface area contributed by atoms with Gasteiger partial charge in [0.2, 0.25) is 5.95 Å². The molecule has 0 bridgehead atoms. The number of nitrogens with zero attached hydrogens (tertiary/aromatic N) is 2. The molecule has 1 fully saturated rings. The van der Waals surface area contributed by atoms with Gasteiger partial charge in [0.25, 0.3) is 0 Å². The Morgan fingerprint density at radius 3 is 2.93 bits per heavy atom. The zero-order valence-corrected chi connectivity index (χ0v) is 9.00. The highest BCUT2D eigenvalue weighted by molar-refractivity contribution is 5.32. The molecule has 1 aromatic heterocycles. The molecule has 1 unspecified atom stereocenters. The van der Waals surface area contributed by atoms with Gasteiger partial charge in [-0.15, -0.1) is 0 Å². The first-order valence-corrected chi connectivity index (χ1v) is 4.95. The van der Waals surface area contributed by atoms with Crippen LogP contribution in [0.1, 0.15) is 19.0 Å². The second-order valence-electron chi connectivity index (χ2n) is 4.31. The van der Waals surface area contributed by atoms with Crippen molar-refractivity contribution in [3.63, 3.8) is 0 Å². The fraction of sp³-hybridized carbons (Fsp3) is 0.700. The summed E-state index contributed by atoms with van der Waals surface area (Å²) in [4.78, 5) is 4.42. The molecule has 1 saturated heterocycles. The van der Waals surface area contributed by atoms with Crippen molar-refractivity contribution in [2.45, 2.75) is 25.8 Å². The molecule has 2 rings (SSSR count). The molecule has 14 heavy (non-hydrogen) atoms. The lowest BCUT2D eigenvalue weighted by Gasteiger charge is -2.23. The molecule has 0 spiro atoms. The van der Waals surface area contributed by atoms with E-state index in [4.69, 9.17) is 4.74 Å². The van der Waals surface area contributed by atoms with E-state index in [0.29, 0.717) is 0 Å². The summed E-state index contributed by atoms with van der Waals surface area (Å²) in [6, 6.07) is 0. The van der Waals surface area contributed by atoms with E-state index in [0.717, 1.165) is 31.3 Å². The van der Waals surface area contributed by atoms with E-state index in [1.54, 1.807) is 0 Å². The molecule has 0 aromatic carbocycles. The van der Waals surface area contributed by atoms with Crippen molar-refractivity contribution >= 4 is 5.95 Å². The van der Waals surface area contributed by atoms with Crippen LogP contribution in [0.25, 0.3) is 0 Å². The Hall–Kier alpha value is -1.03. The second-order valence-corrected chi connectivity index (χ2v) is 4.31. The predicted octanol–water partition coefficient (Wildman–Crippen LogP) is 1.32. The van der Waals surface area contributed by atoms with Gasteiger partial charge in [-0.1, -0.05) is 0 Å². The van der Waals surface area contributed by atoms with E-state index in [2.05, 4.69) is 17.2 Å². The summed E-state index contributed by atoms with van der Waals surface area (Å²) in [6.45, 7) is 5.77. The Balaban J connectivity index is 2.13. The van der Waals surface area contributed by atoms with Crippen LogP contribution in [-0.4, -0.2) is 28.3 Å². The Labute approximate surface area is 84.3 Å². The smallest absolute Gasteiger partial charge is 0.203 e. The molecule has 0 amide bonds. The fourth-order valence-electron chi connectivity index (χ4n) is 1.77. The largest absolute Gasteiger partial charge is 0.379 e. The van der Waals surface area contributed by atoms with Gasteiger partial charge in [0.05, 0.1) is 17.8 Å². The standard InChI is InChI=1S/C10H17N3O/c1-8-6-13(3)9(11-8)12-10(2)4-5-14-7-10/h6H,4-5,7H2,1-3H3,(H,11,12). The van der Waals surface area contributed by atoms with Gasteiger partial charge in [0, 0.05) is 19.9 Å². The van der Waals surface area contributed by atoms with E-state index >= 15 is 0 Å². The molecule has 0 saturated carbocycles. The van der Waals surface area contributed by atoms with Gasteiger partial charge in [-0.3, -0.25) is 0 Å². The van der Waals surface area contributed by atoms with Gasteiger partial charge in [0.15, 0.2) is 0 Å². The van der Waals surface area contributed by atoms with E-state index in [1.807, 2.05) is 24.7 Å². The molecule has 1 aromatic rings. The zero-order chi connectivity index (χ0) is 10.2. The minimum Gasteiger partial charge on any atom is -0.379 e. The molecule has 2 heterocycles. The maximum Gasteiger partial charge on any atom is 0.203 e. The topological polar surface area (TPSA) is 39.1 Å². The van der Waals surface area contributed by atoms with Gasteiger partial charge in [-0.05, 0) is 20.3 Å². The van der Waals surface area contributed by atoms with Crippen molar-refractivity contribution in [1.82, 2.24) is 9.55 Å². The van der Waals surface area contributed by atoms with Crippen LogP contribution < -0.4 is 5.32 Å². The molecule has 0 aliphatic carbocycles. The quantitative estimate of drug-likeness (QED) is 0.773. The van der Waals surface area contributed by atoms with Crippen LogP contribution in [0.3, 0.4) is 0 Å². The number of nitrogens with one attached hydrogen (secondary N) is 1. The SMILES string of the molecule is Cc1cn(C)c(NC2(C)CCOC2)n1. The van der Waals surface area contributed by atoms with Crippen molar-refractivity contribution in [2.75, 3.05) is 18.5 Å². The molecular formula is C10H17N3O. The summed E-state index contributed by atoms with van der Waals surface area (Å²) in [5, 5.41) is 3.43. The molecule has 1 atom stereocenters. The maximum absolute atomic E-state index is 5.38. The Bertz CT molecular complexity index is 326. The number of anilines is 1. The van der Waals surface area contributed by atoms with Crippen molar-refractivity contribution < 1.29 is 4.74 Å². The number of aryl methyl sites for hydroxylation is 2. The molecule has 1 N–H and O–H groups in total. The Morgan fingerprint density at radius 1 is 1.64 bits per heavy atom. The third-order valence-corrected chi connectivity index (χ3v) is 2.63. The average molecular weight is 195 g/mol. The first-order valence-electron chi connectivity index (χ1n) is 4.95. The maximum atomic E-state index is 5.38. The molecule has 0 radical (unpaired) electrons. The van der Waals surface area contributed by atoms with Crippen LogP contribution >= 0.6 is 0 Å². The number of aromatic nitrogens is 2. The number of rotatable bonds is 2. The van der Waals surface area contributed by atoms with Crippen LogP contribution in [0.4, 0.5) is 5.95 Å². The van der Waals surface area contributed by atoms with Crippen LogP contribution in [0, 0.1) is 6.92 Å². The first-order chi connectivity index (χ1) is 6.59. The van der Waals surface area contributed by atoms with Crippen molar-refractivity contribution in [3.8, 4) is 0 Å². The summed E-state index contributed by atoms with van der Waals surface area (Å²) in [6.07, 6.45) is 3.06. The normalized spacial score (nSPS) is 26.8. The minimum atomic E-state index is 0.0472. The van der Waals surface area contributed by atoms with Crippen molar-refractivity contribution in [3.05, 3.63) is 11.9 Å². The molecule has 4 nitrogen and oxygen atoms in total. The third kappa shape index (κ3) is 1.75. The monoisotopic (exact) mass is 195 g/mol. The minimum absolute atomic E-state index is 0.0472. The highest BCUT2D eigenvalue weighted by atomic mass is 16.5. The van der Waals surface area contributed by atoms with E-state index < -0.39 is 0 Å². The summed E-state index contributed by atoms with van der Waals surface area (Å²) >= 11 is 0. The van der Waals surface area contributed by atoms with E-state index in [1.165, 1.54) is 0 Å². The highest BCUT2D eigenvalue weighted by Crippen LogP contribution is 2.22. The van der Waals surface area contributed by atoms with Crippen molar-refractivity contribution in [1.29, 1.82) is 0 Å². The van der Waals surface area contributed by atoms with Crippen LogP contribution in [0.15, 0.2) is 6.20 Å². The lowest BCUT2D eigenvalue weighted by atomic mass is 10.0. The molecule has 4 heteroatoms. The number of hydrogen-bond donors (Lipinski definition) is 1. The Kier molecular flexibility index (Phi) is 2.23. The van der Waals surface area contributed by atoms with Gasteiger partial charge in [0.1, 0.15) is 0 Å². The van der Waals surface area contributed by atoms with Gasteiger partial charge >= 0.3 is 0 Å². The highest BCUT2D eigenvalue weighted by Gasteiger charge is 2.30. The lowest BCUT2D eigenvalue weighted by molar-refractivity contribution is 0.185. The van der Waals surface area contributed by atoms with Gasteiger partial charge < -0.3 is 14.6 Å². The summed E-state index contributed by atoms with van der Waals surface area (Å²) in [7, 11) is 2.00. The fourth-order valence-corrected chi connectivity index (χ4v) is 1.77. The van der Waals surface area contributed by atoms with Crippen LogP contribution in [0.2, 0.25) is 0 Å². The van der Waals surface area contributed by atoms with Crippen LogP contribution in [-0.2, 0) is 11.8 Å². The third-order valence-electron chi connectivity index (χ3n) is 2.63. The summed E-state index contributed by atoms with van der Waals surface area (Å²) in [5.74, 6) is 0.926. The molecule has 1 aliphatic heterocycles. The predicted molar refractivity (Wildman–Crippen MR) is 55.4 cm³/mol. The Morgan fingerprint density at radius 2 is 2.43 bits per heavy atom. The molecular weight excluding hydrogens is 178 g/mol. The average Bonchev–Trinajstić information content (AvgIpc) is 2.61. The summed E-state index contributed by atoms with van der Waals surface area (Å²) in [5.41, 5.74) is 1.09. The first kappa shape index (κ1) is 9.52. The number of ether oxygens (including phenoxy) is 1. The van der Waals surface area contributed by atoms with E-state index in [9.17, 15) is 0 Å². The van der Waals surface area contributed by atoms with Crippen LogP contribution in [0.5, 0.6) is 0 Å². The number of hydrogen-bond acceptors (Lipinski definition) is 3. The number of imidazole rings is 1. The van der Waals surface area contributed by atoms with E-state index in [-0.39, 0.29) is 5.54 Å². The van der Waals surface area contributed by atoms with Gasteiger partial charge in [-0.2, -0.15) is 0 Å². The molecule has 78 valence electrons. The summed E-state index contributed by atoms with van der Waals surface area (Å²) < 4.78 is 7.39. The van der Waals surface area contributed by atoms with Gasteiger partial charge in [-0.25, -0.2) is 4.98 Å². The van der Waals surface area contributed by atoms with Crippen molar-refractivity contribution in [2.24, 2.45) is 7.05 Å².